The molecule has 0 bridgehead atoms. The summed E-state index contributed by atoms with van der Waals surface area (Å²) in [5.41, 5.74) is 5.98. The molecule has 8 heteroatoms. The largest absolute Gasteiger partial charge is 0.361 e. The third-order valence-corrected chi connectivity index (χ3v) is 5.90. The van der Waals surface area contributed by atoms with Gasteiger partial charge in [0.25, 0.3) is 5.91 Å². The number of carbonyl (C=O) groups is 1. The second-order valence-corrected chi connectivity index (χ2v) is 7.83. The quantitative estimate of drug-likeness (QED) is 0.688. The normalized spacial score (nSPS) is 16.9. The number of amides is 1. The van der Waals surface area contributed by atoms with Crippen LogP contribution in [0.4, 0.5) is 0 Å². The summed E-state index contributed by atoms with van der Waals surface area (Å²) in [5.74, 6) is 1.22. The lowest BCUT2D eigenvalue weighted by Crippen LogP contribution is -2.28. The van der Waals surface area contributed by atoms with Crippen LogP contribution in [0.5, 0.6) is 0 Å². The molecule has 0 unspecified atom stereocenters. The molecule has 27 heavy (non-hydrogen) atoms. The van der Waals surface area contributed by atoms with Crippen LogP contribution in [-0.2, 0) is 6.42 Å². The van der Waals surface area contributed by atoms with Crippen molar-refractivity contribution < 1.29 is 9.32 Å². The molecule has 0 radical (unpaired) electrons. The molecule has 1 atom stereocenters. The summed E-state index contributed by atoms with van der Waals surface area (Å²) >= 11 is 1.41. The van der Waals surface area contributed by atoms with Gasteiger partial charge in [0.2, 0.25) is 0 Å². The highest BCUT2D eigenvalue weighted by atomic mass is 32.1. The molecule has 3 aromatic heterocycles. The van der Waals surface area contributed by atoms with E-state index in [9.17, 15) is 4.79 Å². The first-order chi connectivity index (χ1) is 13.0. The monoisotopic (exact) mass is 383 g/mol. The van der Waals surface area contributed by atoms with Gasteiger partial charge in [-0.1, -0.05) is 5.16 Å². The Labute approximate surface area is 161 Å². The number of aromatic nitrogens is 4. The summed E-state index contributed by atoms with van der Waals surface area (Å²) in [6, 6.07) is 0. The molecule has 0 aromatic carbocycles. The molecule has 4 rings (SSSR count). The Kier molecular flexibility index (Phi) is 4.73. The number of rotatable bonds is 4. The summed E-state index contributed by atoms with van der Waals surface area (Å²) in [4.78, 5) is 28.6. The van der Waals surface area contributed by atoms with Crippen LogP contribution in [0.2, 0.25) is 0 Å². The zero-order chi connectivity index (χ0) is 19.0. The van der Waals surface area contributed by atoms with Crippen molar-refractivity contribution in [2.24, 2.45) is 5.92 Å². The van der Waals surface area contributed by atoms with Crippen molar-refractivity contribution in [3.8, 4) is 11.3 Å². The zero-order valence-electron chi connectivity index (χ0n) is 15.6. The molecule has 1 aliphatic rings. The number of thiazole rings is 1. The van der Waals surface area contributed by atoms with Crippen molar-refractivity contribution in [1.82, 2.24) is 25.0 Å². The fraction of sp³-hybridized carbons (Fsp3) is 0.421. The van der Waals surface area contributed by atoms with Gasteiger partial charge in [0.1, 0.15) is 10.6 Å². The molecule has 0 aliphatic carbocycles. The van der Waals surface area contributed by atoms with Gasteiger partial charge in [0.15, 0.2) is 0 Å². The van der Waals surface area contributed by atoms with Gasteiger partial charge in [-0.3, -0.25) is 9.78 Å². The summed E-state index contributed by atoms with van der Waals surface area (Å²) in [5, 5.41) is 4.00. The Morgan fingerprint density at radius 3 is 2.85 bits per heavy atom. The van der Waals surface area contributed by atoms with E-state index in [2.05, 4.69) is 15.1 Å². The summed E-state index contributed by atoms with van der Waals surface area (Å²) in [7, 11) is 0. The molecule has 1 amide bonds. The van der Waals surface area contributed by atoms with E-state index in [1.165, 1.54) is 11.3 Å². The lowest BCUT2D eigenvalue weighted by Gasteiger charge is -2.16. The van der Waals surface area contributed by atoms with Crippen LogP contribution in [0.3, 0.4) is 0 Å². The van der Waals surface area contributed by atoms with Crippen molar-refractivity contribution in [3.63, 3.8) is 0 Å². The topological polar surface area (TPSA) is 85.0 Å². The standard InChI is InChI=1S/C19H21N5O2S/c1-11-17(13(3)26-23-11)16-8-20-7-15(22-16)6-14-4-5-24(9-14)19(25)18-12(2)21-10-27-18/h7-8,10,14H,4-6,9H2,1-3H3/t14-/m0/s1. The molecule has 1 saturated heterocycles. The molecule has 140 valence electrons. The predicted octanol–water partition coefficient (Wildman–Crippen LogP) is 3.22. The average molecular weight is 383 g/mol. The van der Waals surface area contributed by atoms with Crippen molar-refractivity contribution in [1.29, 1.82) is 0 Å². The van der Waals surface area contributed by atoms with Gasteiger partial charge in [-0.2, -0.15) is 0 Å². The van der Waals surface area contributed by atoms with E-state index in [1.54, 1.807) is 17.9 Å². The van der Waals surface area contributed by atoms with E-state index in [0.717, 1.165) is 64.9 Å². The maximum absolute atomic E-state index is 12.7. The Morgan fingerprint density at radius 1 is 1.30 bits per heavy atom. The highest BCUT2D eigenvalue weighted by Gasteiger charge is 2.29. The Balaban J connectivity index is 1.46. The number of aryl methyl sites for hydroxylation is 3. The van der Waals surface area contributed by atoms with Gasteiger partial charge in [-0.15, -0.1) is 11.3 Å². The van der Waals surface area contributed by atoms with E-state index in [4.69, 9.17) is 9.51 Å². The van der Waals surface area contributed by atoms with Crippen molar-refractivity contribution in [2.75, 3.05) is 13.1 Å². The third-order valence-electron chi connectivity index (χ3n) is 4.98. The molecular weight excluding hydrogens is 362 g/mol. The number of hydrogen-bond acceptors (Lipinski definition) is 7. The van der Waals surface area contributed by atoms with Crippen molar-refractivity contribution >= 4 is 17.2 Å². The summed E-state index contributed by atoms with van der Waals surface area (Å²) < 4.78 is 5.24. The van der Waals surface area contributed by atoms with Gasteiger partial charge < -0.3 is 9.42 Å². The third kappa shape index (κ3) is 3.49. The van der Waals surface area contributed by atoms with Crippen LogP contribution >= 0.6 is 11.3 Å². The van der Waals surface area contributed by atoms with Crippen LogP contribution in [0.25, 0.3) is 11.3 Å². The molecule has 1 fully saturated rings. The first-order valence-electron chi connectivity index (χ1n) is 8.96. The predicted molar refractivity (Wildman–Crippen MR) is 102 cm³/mol. The van der Waals surface area contributed by atoms with E-state index in [0.29, 0.717) is 5.92 Å². The summed E-state index contributed by atoms with van der Waals surface area (Å²) in [6.07, 6.45) is 5.32. The second-order valence-electron chi connectivity index (χ2n) is 6.97. The van der Waals surface area contributed by atoms with E-state index >= 15 is 0 Å². The smallest absolute Gasteiger partial charge is 0.265 e. The molecule has 0 saturated carbocycles. The minimum absolute atomic E-state index is 0.0908. The van der Waals surface area contributed by atoms with E-state index in [1.807, 2.05) is 25.7 Å². The lowest BCUT2D eigenvalue weighted by atomic mass is 10.0. The SMILES string of the molecule is Cc1ncsc1C(=O)N1CC[C@@H](Cc2cncc(-c3c(C)noc3C)n2)C1. The van der Waals surface area contributed by atoms with Crippen LogP contribution < -0.4 is 0 Å². The van der Waals surface area contributed by atoms with Crippen LogP contribution in [0.15, 0.2) is 22.4 Å². The Morgan fingerprint density at radius 2 is 2.15 bits per heavy atom. The molecule has 4 heterocycles. The number of carbonyl (C=O) groups excluding carboxylic acids is 1. The summed E-state index contributed by atoms with van der Waals surface area (Å²) in [6.45, 7) is 7.19. The van der Waals surface area contributed by atoms with Crippen LogP contribution in [0.1, 0.15) is 38.9 Å². The zero-order valence-corrected chi connectivity index (χ0v) is 16.4. The molecule has 7 nitrogen and oxygen atoms in total. The van der Waals surface area contributed by atoms with Gasteiger partial charge in [0.05, 0.1) is 40.0 Å². The molecule has 1 aliphatic heterocycles. The number of nitrogens with zero attached hydrogens (tertiary/aromatic N) is 5. The van der Waals surface area contributed by atoms with Crippen molar-refractivity contribution in [2.45, 2.75) is 33.6 Å². The van der Waals surface area contributed by atoms with Crippen LogP contribution in [-0.4, -0.2) is 44.0 Å². The minimum atomic E-state index is 0.0908. The molecule has 0 spiro atoms. The first kappa shape index (κ1) is 17.8. The van der Waals surface area contributed by atoms with Crippen LogP contribution in [0, 0.1) is 26.7 Å². The average Bonchev–Trinajstić information content (AvgIpc) is 3.36. The fourth-order valence-electron chi connectivity index (χ4n) is 3.60. The highest BCUT2D eigenvalue weighted by molar-refractivity contribution is 7.11. The molecule has 3 aromatic rings. The number of hydrogen-bond donors (Lipinski definition) is 0. The molecule has 0 N–H and O–H groups in total. The lowest BCUT2D eigenvalue weighted by molar-refractivity contribution is 0.0791. The van der Waals surface area contributed by atoms with Gasteiger partial charge >= 0.3 is 0 Å². The fourth-order valence-corrected chi connectivity index (χ4v) is 4.37. The van der Waals surface area contributed by atoms with Gasteiger partial charge in [-0.05, 0) is 39.5 Å². The highest BCUT2D eigenvalue weighted by Crippen LogP contribution is 2.27. The maximum atomic E-state index is 12.7. The Hall–Kier alpha value is -2.61. The number of likely N-dealkylation sites (tertiary alicyclic amines) is 1. The second kappa shape index (κ2) is 7.19. The maximum Gasteiger partial charge on any atom is 0.265 e. The van der Waals surface area contributed by atoms with Gasteiger partial charge in [0, 0.05) is 19.3 Å². The Bertz CT molecular complexity index is 961. The van der Waals surface area contributed by atoms with E-state index in [-0.39, 0.29) is 5.91 Å². The van der Waals surface area contributed by atoms with E-state index < -0.39 is 0 Å². The van der Waals surface area contributed by atoms with Gasteiger partial charge in [-0.25, -0.2) is 9.97 Å². The first-order valence-corrected chi connectivity index (χ1v) is 9.84. The van der Waals surface area contributed by atoms with Crippen molar-refractivity contribution in [3.05, 3.63) is 45.6 Å². The molecular formula is C19H21N5O2S. The minimum Gasteiger partial charge on any atom is -0.361 e.